The fourth-order valence-electron chi connectivity index (χ4n) is 2.98. The molecule has 2 aromatic heterocycles. The molecule has 0 amide bonds. The van der Waals surface area contributed by atoms with Crippen LogP contribution in [0.4, 0.5) is 0 Å². The first-order valence-electron chi connectivity index (χ1n) is 8.85. The summed E-state index contributed by atoms with van der Waals surface area (Å²) in [7, 11) is 0. The van der Waals surface area contributed by atoms with Gasteiger partial charge in [0.25, 0.3) is 0 Å². The maximum atomic E-state index is 12.5. The normalized spacial score (nSPS) is 10.9. The number of aryl methyl sites for hydroxylation is 1. The number of nitrogens with one attached hydrogen (secondary N) is 1. The zero-order chi connectivity index (χ0) is 18.8. The maximum absolute atomic E-state index is 12.5. The zero-order valence-electron chi connectivity index (χ0n) is 15.2. The minimum absolute atomic E-state index is 0.304. The summed E-state index contributed by atoms with van der Waals surface area (Å²) >= 11 is 0. The van der Waals surface area contributed by atoms with E-state index in [1.807, 2.05) is 61.5 Å². The molecule has 27 heavy (non-hydrogen) atoms. The molecule has 0 saturated carbocycles. The summed E-state index contributed by atoms with van der Waals surface area (Å²) in [5.74, 6) is 0.174. The number of carbonyl (C=O) groups is 1. The first-order chi connectivity index (χ1) is 13.2. The van der Waals surface area contributed by atoms with Crippen LogP contribution in [0.3, 0.4) is 0 Å². The summed E-state index contributed by atoms with van der Waals surface area (Å²) in [4.78, 5) is 24.8. The third kappa shape index (κ3) is 3.31. The standard InChI is InChI=1S/C22H19N3O2/c1-3-27-22(26)20-19(15-10-8-14(2)9-11-15)24-21(25-20)17-12-16-6-4-5-7-18(16)23-13-17/h4-13H,3H2,1-2H3,(H,24,25). The van der Waals surface area contributed by atoms with E-state index in [1.165, 1.54) is 0 Å². The first kappa shape index (κ1) is 17.0. The van der Waals surface area contributed by atoms with Crippen LogP contribution in [-0.4, -0.2) is 27.5 Å². The molecule has 4 rings (SSSR count). The summed E-state index contributed by atoms with van der Waals surface area (Å²) in [5, 5.41) is 1.01. The highest BCUT2D eigenvalue weighted by Gasteiger charge is 2.20. The second kappa shape index (κ2) is 7.03. The lowest BCUT2D eigenvalue weighted by molar-refractivity contribution is 0.0521. The van der Waals surface area contributed by atoms with Gasteiger partial charge in [-0.05, 0) is 26.0 Å². The van der Waals surface area contributed by atoms with E-state index in [0.29, 0.717) is 23.8 Å². The lowest BCUT2D eigenvalue weighted by atomic mass is 10.1. The number of ether oxygens (including phenoxy) is 1. The van der Waals surface area contributed by atoms with E-state index >= 15 is 0 Å². The number of H-pyrrole nitrogens is 1. The van der Waals surface area contributed by atoms with E-state index in [0.717, 1.165) is 27.6 Å². The number of benzene rings is 2. The molecule has 5 heteroatoms. The fraction of sp³-hybridized carbons (Fsp3) is 0.136. The molecule has 0 bridgehead atoms. The summed E-state index contributed by atoms with van der Waals surface area (Å²) in [6.45, 7) is 4.11. The van der Waals surface area contributed by atoms with Gasteiger partial charge in [0.1, 0.15) is 11.5 Å². The smallest absolute Gasteiger partial charge is 0.357 e. The highest BCUT2D eigenvalue weighted by molar-refractivity contribution is 5.95. The number of aromatic amines is 1. The molecule has 0 atom stereocenters. The predicted molar refractivity (Wildman–Crippen MR) is 105 cm³/mol. The Bertz CT molecular complexity index is 1110. The minimum Gasteiger partial charge on any atom is -0.461 e. The van der Waals surface area contributed by atoms with Crippen LogP contribution in [-0.2, 0) is 4.74 Å². The predicted octanol–water partition coefficient (Wildman–Crippen LogP) is 4.78. The summed E-state index contributed by atoms with van der Waals surface area (Å²) in [6.07, 6.45) is 1.76. The molecule has 0 spiro atoms. The number of carbonyl (C=O) groups excluding carboxylic acids is 1. The SMILES string of the molecule is CCOC(=O)c1[nH]c(-c2cnc3ccccc3c2)nc1-c1ccc(C)cc1. The number of fused-ring (bicyclic) bond motifs is 1. The molecule has 2 heterocycles. The monoisotopic (exact) mass is 357 g/mol. The van der Waals surface area contributed by atoms with Crippen molar-refractivity contribution < 1.29 is 9.53 Å². The van der Waals surface area contributed by atoms with Crippen LogP contribution in [0.1, 0.15) is 23.0 Å². The fourth-order valence-corrected chi connectivity index (χ4v) is 2.98. The van der Waals surface area contributed by atoms with Gasteiger partial charge in [-0.1, -0.05) is 48.0 Å². The van der Waals surface area contributed by atoms with Crippen molar-refractivity contribution in [1.82, 2.24) is 15.0 Å². The number of hydrogen-bond acceptors (Lipinski definition) is 4. The van der Waals surface area contributed by atoms with Crippen LogP contribution in [0.15, 0.2) is 60.8 Å². The quantitative estimate of drug-likeness (QED) is 0.534. The second-order valence-electron chi connectivity index (χ2n) is 6.31. The Kier molecular flexibility index (Phi) is 4.42. The van der Waals surface area contributed by atoms with Gasteiger partial charge in [0.15, 0.2) is 5.69 Å². The molecular weight excluding hydrogens is 338 g/mol. The lowest BCUT2D eigenvalue weighted by Gasteiger charge is -2.03. The maximum Gasteiger partial charge on any atom is 0.357 e. The Morgan fingerprint density at radius 1 is 1.07 bits per heavy atom. The van der Waals surface area contributed by atoms with Crippen LogP contribution >= 0.6 is 0 Å². The van der Waals surface area contributed by atoms with Gasteiger partial charge in [0, 0.05) is 22.7 Å². The van der Waals surface area contributed by atoms with Crippen LogP contribution in [0, 0.1) is 6.92 Å². The molecule has 0 saturated heterocycles. The van der Waals surface area contributed by atoms with Gasteiger partial charge in [-0.15, -0.1) is 0 Å². The molecule has 0 fully saturated rings. The number of rotatable bonds is 4. The van der Waals surface area contributed by atoms with Crippen molar-refractivity contribution >= 4 is 16.9 Å². The number of hydrogen-bond donors (Lipinski definition) is 1. The van der Waals surface area contributed by atoms with Crippen LogP contribution in [0.2, 0.25) is 0 Å². The van der Waals surface area contributed by atoms with E-state index < -0.39 is 5.97 Å². The summed E-state index contributed by atoms with van der Waals surface area (Å²) < 4.78 is 5.21. The molecule has 2 aromatic carbocycles. The van der Waals surface area contributed by atoms with Crippen molar-refractivity contribution in [3.05, 3.63) is 72.1 Å². The number of nitrogens with zero attached hydrogens (tertiary/aromatic N) is 2. The van der Waals surface area contributed by atoms with Crippen LogP contribution < -0.4 is 0 Å². The molecule has 5 nitrogen and oxygen atoms in total. The van der Waals surface area contributed by atoms with Crippen molar-refractivity contribution in [1.29, 1.82) is 0 Å². The average Bonchev–Trinajstić information content (AvgIpc) is 3.14. The second-order valence-corrected chi connectivity index (χ2v) is 6.31. The Morgan fingerprint density at radius 2 is 1.85 bits per heavy atom. The largest absolute Gasteiger partial charge is 0.461 e. The van der Waals surface area contributed by atoms with Gasteiger partial charge in [0.05, 0.1) is 12.1 Å². The van der Waals surface area contributed by atoms with Gasteiger partial charge in [-0.25, -0.2) is 9.78 Å². The van der Waals surface area contributed by atoms with E-state index in [-0.39, 0.29) is 0 Å². The average molecular weight is 357 g/mol. The van der Waals surface area contributed by atoms with Crippen LogP contribution in [0.25, 0.3) is 33.5 Å². The molecule has 4 aromatic rings. The Hall–Kier alpha value is -3.47. The molecule has 0 aliphatic rings. The minimum atomic E-state index is -0.416. The highest BCUT2D eigenvalue weighted by Crippen LogP contribution is 2.28. The van der Waals surface area contributed by atoms with Gasteiger partial charge in [0.2, 0.25) is 0 Å². The Labute approximate surface area is 157 Å². The zero-order valence-corrected chi connectivity index (χ0v) is 15.2. The first-order valence-corrected chi connectivity index (χ1v) is 8.85. The van der Waals surface area contributed by atoms with Crippen molar-refractivity contribution in [2.75, 3.05) is 6.61 Å². The van der Waals surface area contributed by atoms with E-state index in [9.17, 15) is 4.79 Å². The molecule has 0 aliphatic heterocycles. The molecule has 0 radical (unpaired) electrons. The highest BCUT2D eigenvalue weighted by atomic mass is 16.5. The van der Waals surface area contributed by atoms with Crippen LogP contribution in [0.5, 0.6) is 0 Å². The number of imidazole rings is 1. The van der Waals surface area contributed by atoms with Crippen molar-refractivity contribution in [3.8, 4) is 22.6 Å². The molecule has 134 valence electrons. The number of esters is 1. The molecule has 0 aliphatic carbocycles. The molecular formula is C22H19N3O2. The van der Waals surface area contributed by atoms with E-state index in [4.69, 9.17) is 9.72 Å². The van der Waals surface area contributed by atoms with Crippen molar-refractivity contribution in [2.45, 2.75) is 13.8 Å². The van der Waals surface area contributed by atoms with E-state index in [1.54, 1.807) is 13.1 Å². The van der Waals surface area contributed by atoms with E-state index in [2.05, 4.69) is 9.97 Å². The number of para-hydroxylation sites is 1. The number of pyridine rings is 1. The van der Waals surface area contributed by atoms with Gasteiger partial charge >= 0.3 is 5.97 Å². The molecule has 0 unspecified atom stereocenters. The molecule has 1 N–H and O–H groups in total. The van der Waals surface area contributed by atoms with Gasteiger partial charge < -0.3 is 9.72 Å². The van der Waals surface area contributed by atoms with Crippen molar-refractivity contribution in [3.63, 3.8) is 0 Å². The Morgan fingerprint density at radius 3 is 2.63 bits per heavy atom. The lowest BCUT2D eigenvalue weighted by Crippen LogP contribution is -2.06. The third-order valence-electron chi connectivity index (χ3n) is 4.37. The summed E-state index contributed by atoms with van der Waals surface area (Å²) in [5.41, 5.74) is 4.67. The summed E-state index contributed by atoms with van der Waals surface area (Å²) in [6, 6.07) is 17.8. The topological polar surface area (TPSA) is 67.9 Å². The van der Waals surface area contributed by atoms with Gasteiger partial charge in [-0.3, -0.25) is 4.98 Å². The Balaban J connectivity index is 1.84. The van der Waals surface area contributed by atoms with Crippen molar-refractivity contribution in [2.24, 2.45) is 0 Å². The third-order valence-corrected chi connectivity index (χ3v) is 4.37. The number of aromatic nitrogens is 3. The van der Waals surface area contributed by atoms with Gasteiger partial charge in [-0.2, -0.15) is 0 Å².